The average Bonchev–Trinajstić information content (AvgIpc) is 3.28. The number of rotatable bonds is 8. The van der Waals surface area contributed by atoms with E-state index in [1.54, 1.807) is 24.5 Å². The smallest absolute Gasteiger partial charge is 0.342 e. The molecule has 1 aromatic carbocycles. The Bertz CT molecular complexity index is 1450. The summed E-state index contributed by atoms with van der Waals surface area (Å²) in [6.45, 7) is 5.46. The molecule has 0 bridgehead atoms. The van der Waals surface area contributed by atoms with Crippen LogP contribution in [0.5, 0.6) is 0 Å². The average molecular weight is 467 g/mol. The van der Waals surface area contributed by atoms with E-state index in [4.69, 9.17) is 19.6 Å². The number of carbonyl (C=O) groups is 2. The highest BCUT2D eigenvalue weighted by atomic mass is 16.5. The number of hydrogen-bond donors (Lipinski definition) is 1. The first-order valence-corrected chi connectivity index (χ1v) is 10.9. The Kier molecular flexibility index (Phi) is 6.35. The van der Waals surface area contributed by atoms with Gasteiger partial charge in [0.2, 0.25) is 5.71 Å². The number of hydrogen-bond acceptors (Lipinski definition) is 9. The Hall–Kier alpha value is -4.15. The van der Waals surface area contributed by atoms with E-state index < -0.39 is 11.9 Å². The number of nitrogens with two attached hydrogens (primary N) is 1. The minimum Gasteiger partial charge on any atom is -0.462 e. The van der Waals surface area contributed by atoms with Crippen molar-refractivity contribution in [2.75, 3.05) is 12.3 Å². The van der Waals surface area contributed by atoms with Crippen molar-refractivity contribution in [3.05, 3.63) is 51.9 Å². The SMILES string of the molecule is CCCn1c(=O)n(CC(=O)OCc2nc(N)c3c(C(=O)OCC)c(C)oc3n2)c2ccccc21. The second-order valence-corrected chi connectivity index (χ2v) is 7.63. The van der Waals surface area contributed by atoms with E-state index in [1.807, 2.05) is 25.1 Å². The lowest BCUT2D eigenvalue weighted by Gasteiger charge is -2.06. The van der Waals surface area contributed by atoms with Gasteiger partial charge in [-0.15, -0.1) is 0 Å². The van der Waals surface area contributed by atoms with Crippen molar-refractivity contribution in [2.45, 2.75) is 46.9 Å². The van der Waals surface area contributed by atoms with Gasteiger partial charge in [0.15, 0.2) is 12.4 Å². The summed E-state index contributed by atoms with van der Waals surface area (Å²) in [4.78, 5) is 46.0. The fourth-order valence-electron chi connectivity index (χ4n) is 3.88. The Morgan fingerprint density at radius 1 is 1.09 bits per heavy atom. The number of carbonyl (C=O) groups excluding carboxylic acids is 2. The van der Waals surface area contributed by atoms with Crippen molar-refractivity contribution in [1.82, 2.24) is 19.1 Å². The molecule has 0 saturated heterocycles. The van der Waals surface area contributed by atoms with E-state index in [1.165, 1.54) is 4.57 Å². The summed E-state index contributed by atoms with van der Waals surface area (Å²) in [6, 6.07) is 7.28. The highest BCUT2D eigenvalue weighted by Gasteiger charge is 2.24. The van der Waals surface area contributed by atoms with Gasteiger partial charge in [0.25, 0.3) is 0 Å². The molecule has 0 spiro atoms. The van der Waals surface area contributed by atoms with Crippen LogP contribution in [0.4, 0.5) is 5.82 Å². The summed E-state index contributed by atoms with van der Waals surface area (Å²) in [7, 11) is 0. The quantitative estimate of drug-likeness (QED) is 0.386. The van der Waals surface area contributed by atoms with E-state index >= 15 is 0 Å². The van der Waals surface area contributed by atoms with Crippen LogP contribution in [0.25, 0.3) is 22.1 Å². The molecule has 0 radical (unpaired) electrons. The lowest BCUT2D eigenvalue weighted by molar-refractivity contribution is -0.145. The molecule has 0 unspecified atom stereocenters. The zero-order valence-corrected chi connectivity index (χ0v) is 19.2. The van der Waals surface area contributed by atoms with Crippen LogP contribution in [0, 0.1) is 6.92 Å². The summed E-state index contributed by atoms with van der Waals surface area (Å²) in [5.41, 5.74) is 7.43. The summed E-state index contributed by atoms with van der Waals surface area (Å²) in [5.74, 6) is -0.808. The monoisotopic (exact) mass is 467 g/mol. The van der Waals surface area contributed by atoms with Gasteiger partial charge in [0.1, 0.15) is 23.7 Å². The molecule has 4 aromatic rings. The van der Waals surface area contributed by atoms with Gasteiger partial charge in [-0.2, -0.15) is 4.98 Å². The molecular formula is C23H25N5O6. The largest absolute Gasteiger partial charge is 0.462 e. The predicted octanol–water partition coefficient (Wildman–Crippen LogP) is 2.56. The van der Waals surface area contributed by atoms with Gasteiger partial charge in [0, 0.05) is 6.54 Å². The molecule has 11 nitrogen and oxygen atoms in total. The van der Waals surface area contributed by atoms with Gasteiger partial charge in [0.05, 0.1) is 23.0 Å². The fourth-order valence-corrected chi connectivity index (χ4v) is 3.88. The molecule has 0 aliphatic rings. The van der Waals surface area contributed by atoms with Crippen LogP contribution in [0.2, 0.25) is 0 Å². The van der Waals surface area contributed by atoms with Crippen molar-refractivity contribution in [3.63, 3.8) is 0 Å². The van der Waals surface area contributed by atoms with Crippen molar-refractivity contribution >= 4 is 39.9 Å². The predicted molar refractivity (Wildman–Crippen MR) is 123 cm³/mol. The number of imidazole rings is 1. The normalized spacial score (nSPS) is 11.3. The third kappa shape index (κ3) is 4.12. The van der Waals surface area contributed by atoms with Crippen LogP contribution >= 0.6 is 0 Å². The maximum atomic E-state index is 12.8. The molecule has 0 fully saturated rings. The number of nitrogen functional groups attached to an aromatic ring is 1. The number of fused-ring (bicyclic) bond motifs is 2. The number of aromatic nitrogens is 4. The van der Waals surface area contributed by atoms with Crippen LogP contribution < -0.4 is 11.4 Å². The van der Waals surface area contributed by atoms with Gasteiger partial charge in [-0.3, -0.25) is 13.9 Å². The van der Waals surface area contributed by atoms with Crippen LogP contribution in [0.1, 0.15) is 42.2 Å². The van der Waals surface area contributed by atoms with Crippen LogP contribution in [0.15, 0.2) is 33.5 Å². The van der Waals surface area contributed by atoms with E-state index in [-0.39, 0.29) is 53.8 Å². The third-order valence-electron chi connectivity index (χ3n) is 5.30. The number of benzene rings is 1. The topological polar surface area (TPSA) is 144 Å². The maximum Gasteiger partial charge on any atom is 0.342 e. The van der Waals surface area contributed by atoms with Gasteiger partial charge < -0.3 is 19.6 Å². The summed E-state index contributed by atoms with van der Waals surface area (Å²) < 4.78 is 18.9. The minimum atomic E-state index is -0.633. The summed E-state index contributed by atoms with van der Waals surface area (Å²) >= 11 is 0. The van der Waals surface area contributed by atoms with Crippen LogP contribution in [0.3, 0.4) is 0 Å². The lowest BCUT2D eigenvalue weighted by Crippen LogP contribution is -2.27. The Balaban J connectivity index is 1.54. The molecule has 0 atom stereocenters. The molecule has 0 amide bonds. The molecule has 178 valence electrons. The van der Waals surface area contributed by atoms with Crippen molar-refractivity contribution < 1.29 is 23.5 Å². The Labute approximate surface area is 194 Å². The van der Waals surface area contributed by atoms with E-state index in [0.717, 1.165) is 11.9 Å². The third-order valence-corrected chi connectivity index (χ3v) is 5.30. The molecular weight excluding hydrogens is 442 g/mol. The van der Waals surface area contributed by atoms with Gasteiger partial charge >= 0.3 is 17.6 Å². The molecule has 3 aromatic heterocycles. The fraction of sp³-hybridized carbons (Fsp3) is 0.348. The number of ether oxygens (including phenoxy) is 2. The van der Waals surface area contributed by atoms with Crippen molar-refractivity contribution in [2.24, 2.45) is 0 Å². The van der Waals surface area contributed by atoms with Crippen LogP contribution in [-0.2, 0) is 34.0 Å². The number of aryl methyl sites for hydroxylation is 2. The second-order valence-electron chi connectivity index (χ2n) is 7.63. The Morgan fingerprint density at radius 2 is 1.79 bits per heavy atom. The number of para-hydroxylation sites is 2. The van der Waals surface area contributed by atoms with Gasteiger partial charge in [-0.05, 0) is 32.4 Å². The Morgan fingerprint density at radius 3 is 2.47 bits per heavy atom. The summed E-state index contributed by atoms with van der Waals surface area (Å²) in [5, 5.41) is 0.251. The minimum absolute atomic E-state index is 0.00908. The number of anilines is 1. The zero-order valence-electron chi connectivity index (χ0n) is 19.2. The molecule has 4 rings (SSSR count). The molecule has 34 heavy (non-hydrogen) atoms. The van der Waals surface area contributed by atoms with E-state index in [9.17, 15) is 14.4 Å². The summed E-state index contributed by atoms with van der Waals surface area (Å²) in [6.07, 6.45) is 0.781. The van der Waals surface area contributed by atoms with Crippen molar-refractivity contribution in [1.29, 1.82) is 0 Å². The molecule has 11 heteroatoms. The highest BCUT2D eigenvalue weighted by molar-refractivity contribution is 6.07. The first kappa shape index (κ1) is 23.0. The molecule has 0 aliphatic heterocycles. The number of furan rings is 1. The molecule has 0 aliphatic carbocycles. The second kappa shape index (κ2) is 9.38. The standard InChI is InChI=1S/C23H25N5O6/c1-4-10-27-14-8-6-7-9-15(14)28(23(27)31)11-17(29)33-12-16-25-20(24)19-18(22(30)32-5-2)13(3)34-21(19)26-16/h6-9H,4-5,10-12H2,1-3H3,(H2,24,25,26). The maximum absolute atomic E-state index is 12.8. The first-order valence-electron chi connectivity index (χ1n) is 10.9. The van der Waals surface area contributed by atoms with Crippen LogP contribution in [-0.4, -0.2) is 37.6 Å². The highest BCUT2D eigenvalue weighted by Crippen LogP contribution is 2.29. The van der Waals surface area contributed by atoms with E-state index in [0.29, 0.717) is 17.8 Å². The number of esters is 2. The van der Waals surface area contributed by atoms with Gasteiger partial charge in [-0.1, -0.05) is 19.1 Å². The molecule has 0 saturated carbocycles. The molecule has 3 heterocycles. The number of nitrogens with zero attached hydrogens (tertiary/aromatic N) is 4. The molecule has 2 N–H and O–H groups in total. The zero-order chi connectivity index (χ0) is 24.4. The lowest BCUT2D eigenvalue weighted by atomic mass is 10.2. The van der Waals surface area contributed by atoms with E-state index in [2.05, 4.69) is 9.97 Å². The van der Waals surface area contributed by atoms with Gasteiger partial charge in [-0.25, -0.2) is 14.6 Å². The first-order chi connectivity index (χ1) is 16.3. The van der Waals surface area contributed by atoms with Crippen molar-refractivity contribution in [3.8, 4) is 0 Å².